The van der Waals surface area contributed by atoms with Crippen molar-refractivity contribution in [3.8, 4) is 0 Å². The lowest BCUT2D eigenvalue weighted by molar-refractivity contribution is 0.606. The number of benzene rings is 1. The summed E-state index contributed by atoms with van der Waals surface area (Å²) < 4.78 is 0. The third kappa shape index (κ3) is 5.94. The molecular weight excluding hydrogens is 218 g/mol. The zero-order chi connectivity index (χ0) is 11.6. The Balaban J connectivity index is 2.05. The van der Waals surface area contributed by atoms with Crippen LogP contribution in [0, 0.1) is 0 Å². The van der Waals surface area contributed by atoms with Crippen molar-refractivity contribution in [2.75, 3.05) is 6.54 Å². The molecule has 0 saturated carbocycles. The minimum Gasteiger partial charge on any atom is -0.313 e. The number of rotatable bonds is 8. The summed E-state index contributed by atoms with van der Waals surface area (Å²) >= 11 is 5.90. The number of allylic oxidation sites excluding steroid dienone is 1. The van der Waals surface area contributed by atoms with Crippen molar-refractivity contribution < 1.29 is 0 Å². The molecular formula is C14H20ClN. The van der Waals surface area contributed by atoms with Crippen LogP contribution in [0.1, 0.15) is 31.2 Å². The van der Waals surface area contributed by atoms with Gasteiger partial charge in [-0.2, -0.15) is 0 Å². The summed E-state index contributed by atoms with van der Waals surface area (Å²) in [5.41, 5.74) is 1.25. The molecule has 0 saturated heterocycles. The Morgan fingerprint density at radius 3 is 2.88 bits per heavy atom. The number of unbranched alkanes of at least 4 members (excludes halogenated alkanes) is 3. The fraction of sp³-hybridized carbons (Fsp3) is 0.429. The van der Waals surface area contributed by atoms with E-state index in [1.165, 1.54) is 24.8 Å². The first-order valence-electron chi connectivity index (χ1n) is 5.89. The summed E-state index contributed by atoms with van der Waals surface area (Å²) in [5.74, 6) is 0. The molecule has 0 aliphatic carbocycles. The summed E-state index contributed by atoms with van der Waals surface area (Å²) in [5, 5.41) is 4.23. The Morgan fingerprint density at radius 2 is 2.12 bits per heavy atom. The second kappa shape index (κ2) is 8.37. The quantitative estimate of drug-likeness (QED) is 0.529. The Hall–Kier alpha value is -0.790. The predicted octanol–water partition coefficient (Wildman–Crippen LogP) is 4.18. The van der Waals surface area contributed by atoms with Crippen molar-refractivity contribution in [2.24, 2.45) is 0 Å². The molecule has 0 aromatic heterocycles. The van der Waals surface area contributed by atoms with Crippen LogP contribution in [0.3, 0.4) is 0 Å². The van der Waals surface area contributed by atoms with E-state index >= 15 is 0 Å². The third-order valence-corrected chi connectivity index (χ3v) is 2.72. The minimum absolute atomic E-state index is 0.810. The van der Waals surface area contributed by atoms with Crippen molar-refractivity contribution in [1.82, 2.24) is 5.32 Å². The molecule has 0 amide bonds. The van der Waals surface area contributed by atoms with Gasteiger partial charge in [-0.3, -0.25) is 0 Å². The van der Waals surface area contributed by atoms with Gasteiger partial charge in [0, 0.05) is 11.6 Å². The Kier molecular flexibility index (Phi) is 6.95. The van der Waals surface area contributed by atoms with Gasteiger partial charge in [0.05, 0.1) is 0 Å². The van der Waals surface area contributed by atoms with Crippen LogP contribution < -0.4 is 5.32 Å². The van der Waals surface area contributed by atoms with Crippen molar-refractivity contribution in [3.05, 3.63) is 47.5 Å². The van der Waals surface area contributed by atoms with Crippen LogP contribution in [-0.2, 0) is 6.54 Å². The standard InChI is InChI=1S/C14H20ClN/c1-2-3-4-5-6-10-16-12-13-8-7-9-14(15)11-13/h2,7-9,11,16H,1,3-6,10,12H2. The van der Waals surface area contributed by atoms with Crippen LogP contribution in [0.15, 0.2) is 36.9 Å². The largest absolute Gasteiger partial charge is 0.313 e. The van der Waals surface area contributed by atoms with E-state index in [2.05, 4.69) is 18.0 Å². The van der Waals surface area contributed by atoms with Gasteiger partial charge in [0.2, 0.25) is 0 Å². The first kappa shape index (κ1) is 13.3. The maximum atomic E-state index is 5.90. The van der Waals surface area contributed by atoms with Gasteiger partial charge in [-0.05, 0) is 43.5 Å². The topological polar surface area (TPSA) is 12.0 Å². The van der Waals surface area contributed by atoms with E-state index in [1.807, 2.05) is 24.3 Å². The molecule has 1 N–H and O–H groups in total. The molecule has 0 radical (unpaired) electrons. The molecule has 0 unspecified atom stereocenters. The smallest absolute Gasteiger partial charge is 0.0409 e. The van der Waals surface area contributed by atoms with Gasteiger partial charge >= 0.3 is 0 Å². The van der Waals surface area contributed by atoms with Gasteiger partial charge in [-0.25, -0.2) is 0 Å². The SMILES string of the molecule is C=CCCCCCNCc1cccc(Cl)c1. The second-order valence-electron chi connectivity index (χ2n) is 3.94. The average molecular weight is 238 g/mol. The lowest BCUT2D eigenvalue weighted by Crippen LogP contribution is -2.14. The molecule has 0 aliphatic rings. The van der Waals surface area contributed by atoms with Crippen molar-refractivity contribution in [2.45, 2.75) is 32.2 Å². The van der Waals surface area contributed by atoms with Gasteiger partial charge in [0.1, 0.15) is 0 Å². The molecule has 88 valence electrons. The third-order valence-electron chi connectivity index (χ3n) is 2.48. The normalized spacial score (nSPS) is 10.3. The second-order valence-corrected chi connectivity index (χ2v) is 4.38. The monoisotopic (exact) mass is 237 g/mol. The number of halogens is 1. The lowest BCUT2D eigenvalue weighted by atomic mass is 10.2. The molecule has 1 aromatic carbocycles. The van der Waals surface area contributed by atoms with Gasteiger partial charge < -0.3 is 5.32 Å². The maximum Gasteiger partial charge on any atom is 0.0409 e. The fourth-order valence-corrected chi connectivity index (χ4v) is 1.81. The number of hydrogen-bond acceptors (Lipinski definition) is 1. The molecule has 1 nitrogen and oxygen atoms in total. The zero-order valence-electron chi connectivity index (χ0n) is 9.71. The van der Waals surface area contributed by atoms with Crippen molar-refractivity contribution in [3.63, 3.8) is 0 Å². The molecule has 0 heterocycles. The van der Waals surface area contributed by atoms with Gasteiger partial charge in [0.15, 0.2) is 0 Å². The average Bonchev–Trinajstić information content (AvgIpc) is 2.28. The van der Waals surface area contributed by atoms with Crippen LogP contribution in [0.5, 0.6) is 0 Å². The summed E-state index contributed by atoms with van der Waals surface area (Å²) in [6, 6.07) is 7.99. The molecule has 16 heavy (non-hydrogen) atoms. The Morgan fingerprint density at radius 1 is 1.25 bits per heavy atom. The highest BCUT2D eigenvalue weighted by Gasteiger charge is 1.93. The molecule has 0 bridgehead atoms. The van der Waals surface area contributed by atoms with Crippen molar-refractivity contribution in [1.29, 1.82) is 0 Å². The van der Waals surface area contributed by atoms with Crippen LogP contribution in [0.2, 0.25) is 5.02 Å². The number of hydrogen-bond donors (Lipinski definition) is 1. The first-order chi connectivity index (χ1) is 7.83. The van der Waals surface area contributed by atoms with E-state index in [9.17, 15) is 0 Å². The highest BCUT2D eigenvalue weighted by atomic mass is 35.5. The summed E-state index contributed by atoms with van der Waals surface area (Å²) in [4.78, 5) is 0. The fourth-order valence-electron chi connectivity index (χ4n) is 1.60. The molecule has 0 fully saturated rings. The predicted molar refractivity (Wildman–Crippen MR) is 71.8 cm³/mol. The van der Waals surface area contributed by atoms with E-state index in [1.54, 1.807) is 0 Å². The van der Waals surface area contributed by atoms with E-state index in [0.717, 1.165) is 24.5 Å². The highest BCUT2D eigenvalue weighted by molar-refractivity contribution is 6.30. The molecule has 0 aliphatic heterocycles. The first-order valence-corrected chi connectivity index (χ1v) is 6.27. The van der Waals surface area contributed by atoms with E-state index < -0.39 is 0 Å². The highest BCUT2D eigenvalue weighted by Crippen LogP contribution is 2.10. The number of nitrogens with one attached hydrogen (secondary N) is 1. The van der Waals surface area contributed by atoms with Gasteiger partial charge in [0.25, 0.3) is 0 Å². The molecule has 0 spiro atoms. The maximum absolute atomic E-state index is 5.90. The molecule has 1 rings (SSSR count). The van der Waals surface area contributed by atoms with E-state index in [4.69, 9.17) is 11.6 Å². The van der Waals surface area contributed by atoms with Gasteiger partial charge in [-0.1, -0.05) is 36.2 Å². The summed E-state index contributed by atoms with van der Waals surface area (Å²) in [6.07, 6.45) is 6.87. The van der Waals surface area contributed by atoms with E-state index in [0.29, 0.717) is 0 Å². The van der Waals surface area contributed by atoms with Crippen LogP contribution in [0.4, 0.5) is 0 Å². The van der Waals surface area contributed by atoms with Gasteiger partial charge in [-0.15, -0.1) is 6.58 Å². The van der Waals surface area contributed by atoms with Crippen molar-refractivity contribution >= 4 is 11.6 Å². The molecule has 2 heteroatoms. The molecule has 1 aromatic rings. The zero-order valence-corrected chi connectivity index (χ0v) is 10.5. The van der Waals surface area contributed by atoms with Crippen LogP contribution in [-0.4, -0.2) is 6.54 Å². The van der Waals surface area contributed by atoms with Crippen LogP contribution >= 0.6 is 11.6 Å². The molecule has 0 atom stereocenters. The Bertz CT molecular complexity index is 309. The Labute approximate surface area is 104 Å². The lowest BCUT2D eigenvalue weighted by Gasteiger charge is -2.04. The summed E-state index contributed by atoms with van der Waals surface area (Å²) in [7, 11) is 0. The minimum atomic E-state index is 0.810. The van der Waals surface area contributed by atoms with E-state index in [-0.39, 0.29) is 0 Å². The summed E-state index contributed by atoms with van der Waals surface area (Å²) in [6.45, 7) is 5.69. The van der Waals surface area contributed by atoms with Crippen LogP contribution in [0.25, 0.3) is 0 Å².